The molecule has 1 spiro atoms. The highest BCUT2D eigenvalue weighted by atomic mass is 14.7. The first-order chi connectivity index (χ1) is 5.10. The SMILES string of the molecule is CC1(C)CC12CCC(CN)C2. The predicted molar refractivity (Wildman–Crippen MR) is 47.2 cm³/mol. The van der Waals surface area contributed by atoms with E-state index >= 15 is 0 Å². The van der Waals surface area contributed by atoms with Crippen LogP contribution in [0.1, 0.15) is 39.5 Å². The highest BCUT2D eigenvalue weighted by molar-refractivity contribution is 5.12. The van der Waals surface area contributed by atoms with Crippen LogP contribution in [0.25, 0.3) is 0 Å². The first kappa shape index (κ1) is 7.60. The van der Waals surface area contributed by atoms with Gasteiger partial charge < -0.3 is 5.73 Å². The molecule has 0 bridgehead atoms. The largest absolute Gasteiger partial charge is 0.330 e. The van der Waals surface area contributed by atoms with Gasteiger partial charge in [-0.1, -0.05) is 13.8 Å². The molecule has 0 aliphatic heterocycles. The van der Waals surface area contributed by atoms with Crippen molar-refractivity contribution in [3.05, 3.63) is 0 Å². The van der Waals surface area contributed by atoms with Gasteiger partial charge in [-0.05, 0) is 49.0 Å². The molecule has 0 aromatic carbocycles. The van der Waals surface area contributed by atoms with Crippen molar-refractivity contribution < 1.29 is 0 Å². The van der Waals surface area contributed by atoms with E-state index in [1.165, 1.54) is 25.7 Å². The fourth-order valence-electron chi connectivity index (χ4n) is 3.02. The second kappa shape index (κ2) is 2.01. The summed E-state index contributed by atoms with van der Waals surface area (Å²) in [7, 11) is 0. The maximum atomic E-state index is 5.67. The molecule has 1 heteroatoms. The smallest absolute Gasteiger partial charge is 0.00487 e. The van der Waals surface area contributed by atoms with Crippen molar-refractivity contribution in [3.63, 3.8) is 0 Å². The molecule has 2 N–H and O–H groups in total. The van der Waals surface area contributed by atoms with E-state index in [-0.39, 0.29) is 0 Å². The van der Waals surface area contributed by atoms with Crippen LogP contribution < -0.4 is 5.73 Å². The van der Waals surface area contributed by atoms with Gasteiger partial charge in [-0.15, -0.1) is 0 Å². The van der Waals surface area contributed by atoms with E-state index in [4.69, 9.17) is 5.73 Å². The molecular weight excluding hydrogens is 134 g/mol. The molecule has 0 aromatic rings. The van der Waals surface area contributed by atoms with E-state index in [0.717, 1.165) is 17.9 Å². The zero-order valence-corrected chi connectivity index (χ0v) is 7.69. The third kappa shape index (κ3) is 0.936. The first-order valence-corrected chi connectivity index (χ1v) is 4.80. The number of rotatable bonds is 1. The van der Waals surface area contributed by atoms with Gasteiger partial charge in [-0.25, -0.2) is 0 Å². The van der Waals surface area contributed by atoms with Crippen LogP contribution >= 0.6 is 0 Å². The summed E-state index contributed by atoms with van der Waals surface area (Å²) in [6.07, 6.45) is 5.70. The van der Waals surface area contributed by atoms with Crippen molar-refractivity contribution in [1.29, 1.82) is 0 Å². The molecule has 2 aliphatic rings. The molecule has 2 aliphatic carbocycles. The highest BCUT2D eigenvalue weighted by Crippen LogP contribution is 2.71. The molecule has 0 heterocycles. The maximum Gasteiger partial charge on any atom is -0.00487 e. The minimum atomic E-state index is 0.650. The third-order valence-electron chi connectivity index (χ3n) is 4.13. The van der Waals surface area contributed by atoms with Gasteiger partial charge in [-0.2, -0.15) is 0 Å². The van der Waals surface area contributed by atoms with Gasteiger partial charge in [-0.3, -0.25) is 0 Å². The van der Waals surface area contributed by atoms with Crippen LogP contribution in [0.15, 0.2) is 0 Å². The summed E-state index contributed by atoms with van der Waals surface area (Å²) in [4.78, 5) is 0. The lowest BCUT2D eigenvalue weighted by atomic mass is 9.93. The van der Waals surface area contributed by atoms with Crippen LogP contribution in [0.4, 0.5) is 0 Å². The Morgan fingerprint density at radius 3 is 2.36 bits per heavy atom. The Labute approximate surface area is 69.4 Å². The summed E-state index contributed by atoms with van der Waals surface area (Å²) in [6.45, 7) is 5.73. The molecule has 0 amide bonds. The fraction of sp³-hybridized carbons (Fsp3) is 1.00. The minimum Gasteiger partial charge on any atom is -0.330 e. The van der Waals surface area contributed by atoms with Gasteiger partial charge in [0, 0.05) is 0 Å². The summed E-state index contributed by atoms with van der Waals surface area (Å²) >= 11 is 0. The lowest BCUT2D eigenvalue weighted by Gasteiger charge is -2.12. The second-order valence-electron chi connectivity index (χ2n) is 5.19. The van der Waals surface area contributed by atoms with Crippen molar-refractivity contribution in [2.45, 2.75) is 39.5 Å². The normalized spacial score (nSPS) is 46.6. The van der Waals surface area contributed by atoms with Gasteiger partial charge in [0.1, 0.15) is 0 Å². The lowest BCUT2D eigenvalue weighted by Crippen LogP contribution is -2.12. The average molecular weight is 153 g/mol. The number of hydrogen-bond donors (Lipinski definition) is 1. The van der Waals surface area contributed by atoms with E-state index in [1.807, 2.05) is 0 Å². The maximum absolute atomic E-state index is 5.67. The van der Waals surface area contributed by atoms with E-state index < -0.39 is 0 Å². The molecule has 11 heavy (non-hydrogen) atoms. The molecule has 2 fully saturated rings. The predicted octanol–water partition coefficient (Wildman–Crippen LogP) is 2.16. The summed E-state index contributed by atoms with van der Waals surface area (Å²) < 4.78 is 0. The Morgan fingerprint density at radius 1 is 1.45 bits per heavy atom. The zero-order valence-electron chi connectivity index (χ0n) is 7.69. The van der Waals surface area contributed by atoms with Crippen molar-refractivity contribution in [2.24, 2.45) is 22.5 Å². The Kier molecular flexibility index (Phi) is 1.39. The van der Waals surface area contributed by atoms with Crippen LogP contribution in [0, 0.1) is 16.7 Å². The Bertz CT molecular complexity index is 174. The summed E-state index contributed by atoms with van der Waals surface area (Å²) in [5, 5.41) is 0. The second-order valence-corrected chi connectivity index (χ2v) is 5.19. The molecule has 2 unspecified atom stereocenters. The molecule has 2 rings (SSSR count). The topological polar surface area (TPSA) is 26.0 Å². The van der Waals surface area contributed by atoms with Crippen molar-refractivity contribution in [1.82, 2.24) is 0 Å². The molecule has 0 aromatic heterocycles. The van der Waals surface area contributed by atoms with Crippen molar-refractivity contribution >= 4 is 0 Å². The number of nitrogens with two attached hydrogens (primary N) is 1. The first-order valence-electron chi connectivity index (χ1n) is 4.80. The van der Waals surface area contributed by atoms with E-state index in [0.29, 0.717) is 5.41 Å². The lowest BCUT2D eigenvalue weighted by molar-refractivity contribution is 0.377. The van der Waals surface area contributed by atoms with Gasteiger partial charge in [0.15, 0.2) is 0 Å². The molecule has 64 valence electrons. The summed E-state index contributed by atoms with van der Waals surface area (Å²) in [5.41, 5.74) is 7.05. The third-order valence-corrected chi connectivity index (χ3v) is 4.13. The van der Waals surface area contributed by atoms with Crippen LogP contribution in [0.2, 0.25) is 0 Å². The molecule has 2 atom stereocenters. The van der Waals surface area contributed by atoms with Crippen LogP contribution in [-0.2, 0) is 0 Å². The molecule has 2 saturated carbocycles. The van der Waals surface area contributed by atoms with Crippen LogP contribution in [0.5, 0.6) is 0 Å². The van der Waals surface area contributed by atoms with Gasteiger partial charge >= 0.3 is 0 Å². The van der Waals surface area contributed by atoms with Gasteiger partial charge in [0.05, 0.1) is 0 Å². The van der Waals surface area contributed by atoms with Crippen molar-refractivity contribution in [3.8, 4) is 0 Å². The van der Waals surface area contributed by atoms with Crippen LogP contribution in [0.3, 0.4) is 0 Å². The standard InChI is InChI=1S/C10H19N/c1-9(2)7-10(9)4-3-8(5-10)6-11/h8H,3-7,11H2,1-2H3. The van der Waals surface area contributed by atoms with E-state index in [1.54, 1.807) is 0 Å². The summed E-state index contributed by atoms with van der Waals surface area (Å²) in [6, 6.07) is 0. The highest BCUT2D eigenvalue weighted by Gasteiger charge is 2.62. The summed E-state index contributed by atoms with van der Waals surface area (Å²) in [5.74, 6) is 0.844. The molecule has 1 nitrogen and oxygen atoms in total. The Morgan fingerprint density at radius 2 is 2.09 bits per heavy atom. The van der Waals surface area contributed by atoms with Crippen molar-refractivity contribution in [2.75, 3.05) is 6.54 Å². The zero-order chi connectivity index (χ0) is 8.11. The van der Waals surface area contributed by atoms with E-state index in [9.17, 15) is 0 Å². The van der Waals surface area contributed by atoms with Gasteiger partial charge in [0.2, 0.25) is 0 Å². The molecular formula is C10H19N. The fourth-order valence-corrected chi connectivity index (χ4v) is 3.02. The van der Waals surface area contributed by atoms with Crippen LogP contribution in [-0.4, -0.2) is 6.54 Å². The quantitative estimate of drug-likeness (QED) is 0.614. The Balaban J connectivity index is 2.01. The number of hydrogen-bond acceptors (Lipinski definition) is 1. The average Bonchev–Trinajstić information content (AvgIpc) is 2.35. The molecule has 0 radical (unpaired) electrons. The minimum absolute atomic E-state index is 0.650. The van der Waals surface area contributed by atoms with Gasteiger partial charge in [0.25, 0.3) is 0 Å². The molecule has 0 saturated heterocycles. The van der Waals surface area contributed by atoms with E-state index in [2.05, 4.69) is 13.8 Å². The Hall–Kier alpha value is -0.0400. The monoisotopic (exact) mass is 153 g/mol.